The summed E-state index contributed by atoms with van der Waals surface area (Å²) in [5.74, 6) is -1.22. The van der Waals surface area contributed by atoms with Crippen LogP contribution in [0.3, 0.4) is 0 Å². The zero-order valence-electron chi connectivity index (χ0n) is 14.7. The summed E-state index contributed by atoms with van der Waals surface area (Å²) in [7, 11) is 1.69. The highest BCUT2D eigenvalue weighted by molar-refractivity contribution is 5.68. The Balaban J connectivity index is 1.75. The van der Waals surface area contributed by atoms with Gasteiger partial charge >= 0.3 is 6.09 Å². The summed E-state index contributed by atoms with van der Waals surface area (Å²) in [5, 5.41) is 0. The topological polar surface area (TPSA) is 32.8 Å². The van der Waals surface area contributed by atoms with Crippen molar-refractivity contribution in [1.82, 2.24) is 4.90 Å². The molecule has 0 unspecified atom stereocenters. The first kappa shape index (κ1) is 18.2. The summed E-state index contributed by atoms with van der Waals surface area (Å²) < 4.78 is 33.0. The Bertz CT molecular complexity index is 755. The summed E-state index contributed by atoms with van der Waals surface area (Å²) in [6, 6.07) is 13.4. The number of benzene rings is 2. The zero-order chi connectivity index (χ0) is 18.5. The van der Waals surface area contributed by atoms with E-state index >= 15 is 0 Å². The van der Waals surface area contributed by atoms with Crippen molar-refractivity contribution in [3.8, 4) is 0 Å². The lowest BCUT2D eigenvalue weighted by Crippen LogP contribution is -2.45. The normalized spacial score (nSPS) is 17.1. The van der Waals surface area contributed by atoms with Gasteiger partial charge in [0.25, 0.3) is 0 Å². The minimum atomic E-state index is -0.614. The summed E-state index contributed by atoms with van der Waals surface area (Å²) in [6.45, 7) is 1.51. The highest BCUT2D eigenvalue weighted by atomic mass is 19.1. The van der Waals surface area contributed by atoms with Crippen LogP contribution in [0.15, 0.2) is 48.5 Å². The lowest BCUT2D eigenvalue weighted by molar-refractivity contribution is 0.0364. The second-order valence-electron chi connectivity index (χ2n) is 6.49. The zero-order valence-corrected chi connectivity index (χ0v) is 14.7. The van der Waals surface area contributed by atoms with Gasteiger partial charge in [-0.2, -0.15) is 0 Å². The number of rotatable bonds is 6. The first-order chi connectivity index (χ1) is 12.5. The Labute approximate surface area is 152 Å². The van der Waals surface area contributed by atoms with E-state index in [1.54, 1.807) is 7.05 Å². The minimum Gasteiger partial charge on any atom is -0.444 e. The average molecular weight is 360 g/mol. The minimum absolute atomic E-state index is 0.317. The Morgan fingerprint density at radius 1 is 1.19 bits per heavy atom. The summed E-state index contributed by atoms with van der Waals surface area (Å²) >= 11 is 0. The van der Waals surface area contributed by atoms with E-state index in [1.807, 2.05) is 35.2 Å². The molecule has 1 aliphatic rings. The SMILES string of the molecule is CN1CC[C@@H](CN(CCc2ccccc2)c2ccc(F)cc2F)OC1=O. The van der Waals surface area contributed by atoms with Gasteiger partial charge in [-0.25, -0.2) is 13.6 Å². The molecule has 0 bridgehead atoms. The Hall–Kier alpha value is -2.63. The molecule has 0 saturated carbocycles. The van der Waals surface area contributed by atoms with Gasteiger partial charge in [-0.1, -0.05) is 30.3 Å². The molecule has 138 valence electrons. The van der Waals surface area contributed by atoms with Crippen LogP contribution in [0.25, 0.3) is 0 Å². The van der Waals surface area contributed by atoms with Crippen molar-refractivity contribution in [2.75, 3.05) is 31.6 Å². The molecule has 2 aromatic rings. The van der Waals surface area contributed by atoms with E-state index in [9.17, 15) is 13.6 Å². The number of halogens is 2. The van der Waals surface area contributed by atoms with Crippen molar-refractivity contribution in [1.29, 1.82) is 0 Å². The largest absolute Gasteiger partial charge is 0.444 e. The molecule has 1 amide bonds. The second-order valence-corrected chi connectivity index (χ2v) is 6.49. The molecule has 1 atom stereocenters. The second kappa shape index (κ2) is 8.17. The van der Waals surface area contributed by atoms with Crippen molar-refractivity contribution < 1.29 is 18.3 Å². The van der Waals surface area contributed by atoms with Crippen LogP contribution in [0.2, 0.25) is 0 Å². The molecular weight excluding hydrogens is 338 g/mol. The number of ether oxygens (including phenoxy) is 1. The molecular formula is C20H22F2N2O2. The maximum atomic E-state index is 14.3. The van der Waals surface area contributed by atoms with Crippen LogP contribution < -0.4 is 4.90 Å². The van der Waals surface area contributed by atoms with Crippen molar-refractivity contribution in [2.24, 2.45) is 0 Å². The standard InChI is InChI=1S/C20H22F2N2O2/c1-23-11-10-17(26-20(23)25)14-24(12-9-15-5-3-2-4-6-15)19-8-7-16(21)13-18(19)22/h2-8,13,17H,9-12,14H2,1H3/t17-/m0/s1. The van der Waals surface area contributed by atoms with Crippen LogP contribution in [-0.4, -0.2) is 43.8 Å². The van der Waals surface area contributed by atoms with Crippen molar-refractivity contribution in [3.05, 3.63) is 65.7 Å². The van der Waals surface area contributed by atoms with E-state index in [0.29, 0.717) is 38.2 Å². The predicted octanol–water partition coefficient (Wildman–Crippen LogP) is 3.85. The van der Waals surface area contributed by atoms with Gasteiger partial charge in [0.1, 0.15) is 17.7 Å². The van der Waals surface area contributed by atoms with Crippen molar-refractivity contribution in [3.63, 3.8) is 0 Å². The number of carbonyl (C=O) groups is 1. The Kier molecular flexibility index (Phi) is 5.71. The smallest absolute Gasteiger partial charge is 0.409 e. The number of nitrogens with zero attached hydrogens (tertiary/aromatic N) is 2. The lowest BCUT2D eigenvalue weighted by Gasteiger charge is -2.34. The third kappa shape index (κ3) is 4.50. The van der Waals surface area contributed by atoms with Gasteiger partial charge in [0, 0.05) is 32.6 Å². The van der Waals surface area contributed by atoms with E-state index in [2.05, 4.69) is 0 Å². The number of hydrogen-bond acceptors (Lipinski definition) is 3. The van der Waals surface area contributed by atoms with Crippen LogP contribution in [0.4, 0.5) is 19.3 Å². The van der Waals surface area contributed by atoms with E-state index in [-0.39, 0.29) is 12.2 Å². The average Bonchev–Trinajstić information content (AvgIpc) is 2.63. The molecule has 1 heterocycles. The fourth-order valence-corrected chi connectivity index (χ4v) is 3.05. The van der Waals surface area contributed by atoms with Crippen molar-refractivity contribution >= 4 is 11.8 Å². The van der Waals surface area contributed by atoms with Crippen LogP contribution >= 0.6 is 0 Å². The van der Waals surface area contributed by atoms with Crippen LogP contribution in [0.1, 0.15) is 12.0 Å². The molecule has 0 radical (unpaired) electrons. The van der Waals surface area contributed by atoms with E-state index in [0.717, 1.165) is 11.6 Å². The van der Waals surface area contributed by atoms with Gasteiger partial charge in [-0.05, 0) is 24.1 Å². The van der Waals surface area contributed by atoms with Gasteiger partial charge in [-0.15, -0.1) is 0 Å². The Morgan fingerprint density at radius 2 is 1.96 bits per heavy atom. The molecule has 2 aromatic carbocycles. The maximum absolute atomic E-state index is 14.3. The molecule has 1 aliphatic heterocycles. The molecule has 3 rings (SSSR count). The van der Waals surface area contributed by atoms with E-state index in [4.69, 9.17) is 4.74 Å². The summed E-state index contributed by atoms with van der Waals surface area (Å²) in [4.78, 5) is 15.1. The van der Waals surface area contributed by atoms with Gasteiger partial charge in [0.2, 0.25) is 0 Å². The first-order valence-electron chi connectivity index (χ1n) is 8.68. The third-order valence-electron chi connectivity index (χ3n) is 4.55. The molecule has 1 saturated heterocycles. The van der Waals surface area contributed by atoms with Crippen LogP contribution in [0, 0.1) is 11.6 Å². The monoisotopic (exact) mass is 360 g/mol. The number of amides is 1. The van der Waals surface area contributed by atoms with Crippen molar-refractivity contribution in [2.45, 2.75) is 18.9 Å². The maximum Gasteiger partial charge on any atom is 0.409 e. The fourth-order valence-electron chi connectivity index (χ4n) is 3.05. The number of anilines is 1. The quantitative estimate of drug-likeness (QED) is 0.784. The van der Waals surface area contributed by atoms with Crippen LogP contribution in [0.5, 0.6) is 0 Å². The summed E-state index contributed by atoms with van der Waals surface area (Å²) in [5.41, 5.74) is 1.44. The number of hydrogen-bond donors (Lipinski definition) is 0. The highest BCUT2D eigenvalue weighted by Crippen LogP contribution is 2.23. The molecule has 0 N–H and O–H groups in total. The molecule has 1 fully saturated rings. The molecule has 26 heavy (non-hydrogen) atoms. The third-order valence-corrected chi connectivity index (χ3v) is 4.55. The van der Waals surface area contributed by atoms with Gasteiger partial charge in [0.15, 0.2) is 0 Å². The molecule has 0 aromatic heterocycles. The molecule has 6 heteroatoms. The number of carbonyl (C=O) groups excluding carboxylic acids is 1. The molecule has 0 aliphatic carbocycles. The van der Waals surface area contributed by atoms with Gasteiger partial charge in [-0.3, -0.25) is 0 Å². The van der Waals surface area contributed by atoms with Gasteiger partial charge < -0.3 is 14.5 Å². The first-order valence-corrected chi connectivity index (χ1v) is 8.68. The number of cyclic esters (lactones) is 1. The Morgan fingerprint density at radius 3 is 2.65 bits per heavy atom. The fraction of sp³-hybridized carbons (Fsp3) is 0.350. The molecule has 4 nitrogen and oxygen atoms in total. The van der Waals surface area contributed by atoms with E-state index < -0.39 is 11.6 Å². The highest BCUT2D eigenvalue weighted by Gasteiger charge is 2.27. The predicted molar refractivity (Wildman–Crippen MR) is 96.2 cm³/mol. The summed E-state index contributed by atoms with van der Waals surface area (Å²) in [6.07, 6.45) is 0.688. The lowest BCUT2D eigenvalue weighted by atomic mass is 10.1. The van der Waals surface area contributed by atoms with Gasteiger partial charge in [0.05, 0.1) is 12.2 Å². The molecule has 0 spiro atoms. The van der Waals surface area contributed by atoms with E-state index in [1.165, 1.54) is 17.0 Å². The van der Waals surface area contributed by atoms with Crippen LogP contribution in [-0.2, 0) is 11.2 Å².